The normalized spacial score (nSPS) is 15.0. The molecule has 0 atom stereocenters. The van der Waals surface area contributed by atoms with Crippen LogP contribution in [0.15, 0.2) is 29.6 Å². The zero-order chi connectivity index (χ0) is 18.5. The third kappa shape index (κ3) is 4.40. The standard InChI is InChI=1S/C19H24N4O2S/c1-2-18-21-14(12-26-18)11-17(24)22-15-5-3-4-6-16(15)23-9-7-13(8-10-23)19(20)25/h3-6,12-13H,2,7-11H2,1H3,(H2,20,25)(H,22,24). The lowest BCUT2D eigenvalue weighted by Gasteiger charge is -2.33. The fourth-order valence-corrected chi connectivity index (χ4v) is 3.96. The van der Waals surface area contributed by atoms with Crippen LogP contribution in [0.25, 0.3) is 0 Å². The van der Waals surface area contributed by atoms with E-state index in [1.54, 1.807) is 11.3 Å². The number of carbonyl (C=O) groups is 2. The van der Waals surface area contributed by atoms with E-state index in [1.807, 2.05) is 29.6 Å². The fourth-order valence-electron chi connectivity index (χ4n) is 3.21. The highest BCUT2D eigenvalue weighted by Crippen LogP contribution is 2.30. The highest BCUT2D eigenvalue weighted by atomic mass is 32.1. The lowest BCUT2D eigenvalue weighted by Crippen LogP contribution is -2.38. The largest absolute Gasteiger partial charge is 0.370 e. The van der Waals surface area contributed by atoms with Gasteiger partial charge in [0, 0.05) is 24.4 Å². The Kier molecular flexibility index (Phi) is 5.88. The fraction of sp³-hybridized carbons (Fsp3) is 0.421. The number of anilines is 2. The van der Waals surface area contributed by atoms with Gasteiger partial charge in [0.05, 0.1) is 28.5 Å². The van der Waals surface area contributed by atoms with Crippen LogP contribution in [-0.2, 0) is 22.4 Å². The highest BCUT2D eigenvalue weighted by Gasteiger charge is 2.24. The Hall–Kier alpha value is -2.41. The number of amides is 2. The summed E-state index contributed by atoms with van der Waals surface area (Å²) in [7, 11) is 0. The number of nitrogens with zero attached hydrogens (tertiary/aromatic N) is 2. The van der Waals surface area contributed by atoms with E-state index in [2.05, 4.69) is 22.1 Å². The molecule has 0 bridgehead atoms. The molecule has 2 heterocycles. The first-order chi connectivity index (χ1) is 12.6. The van der Waals surface area contributed by atoms with Crippen LogP contribution in [0.2, 0.25) is 0 Å². The number of primary amides is 1. The van der Waals surface area contributed by atoms with Crippen LogP contribution in [0, 0.1) is 5.92 Å². The van der Waals surface area contributed by atoms with Crippen molar-refractivity contribution in [3.63, 3.8) is 0 Å². The number of hydrogen-bond donors (Lipinski definition) is 2. The molecule has 0 aliphatic carbocycles. The van der Waals surface area contributed by atoms with Crippen molar-refractivity contribution in [1.29, 1.82) is 0 Å². The van der Waals surface area contributed by atoms with Gasteiger partial charge in [0.15, 0.2) is 0 Å². The van der Waals surface area contributed by atoms with E-state index in [0.29, 0.717) is 0 Å². The predicted octanol–water partition coefficient (Wildman–Crippen LogP) is 2.59. The Morgan fingerprint density at radius 1 is 1.31 bits per heavy atom. The van der Waals surface area contributed by atoms with Crippen molar-refractivity contribution in [3.8, 4) is 0 Å². The minimum absolute atomic E-state index is 0.0505. The van der Waals surface area contributed by atoms with Gasteiger partial charge in [0.25, 0.3) is 0 Å². The molecule has 2 amide bonds. The second-order valence-electron chi connectivity index (χ2n) is 6.49. The summed E-state index contributed by atoms with van der Waals surface area (Å²) < 4.78 is 0. The molecule has 138 valence electrons. The Morgan fingerprint density at radius 3 is 2.69 bits per heavy atom. The number of rotatable bonds is 6. The van der Waals surface area contributed by atoms with Crippen molar-refractivity contribution in [2.24, 2.45) is 11.7 Å². The van der Waals surface area contributed by atoms with Gasteiger partial charge in [-0.05, 0) is 31.4 Å². The average Bonchev–Trinajstić information content (AvgIpc) is 3.09. The first kappa shape index (κ1) is 18.4. The Balaban J connectivity index is 1.65. The zero-order valence-corrected chi connectivity index (χ0v) is 15.7. The minimum Gasteiger partial charge on any atom is -0.370 e. The van der Waals surface area contributed by atoms with Crippen molar-refractivity contribution in [1.82, 2.24) is 4.98 Å². The van der Waals surface area contributed by atoms with E-state index < -0.39 is 0 Å². The molecule has 1 saturated heterocycles. The van der Waals surface area contributed by atoms with Crippen molar-refractivity contribution in [2.45, 2.75) is 32.6 Å². The molecule has 1 aliphatic heterocycles. The van der Waals surface area contributed by atoms with Crippen LogP contribution in [0.5, 0.6) is 0 Å². The van der Waals surface area contributed by atoms with Gasteiger partial charge in [-0.25, -0.2) is 4.98 Å². The van der Waals surface area contributed by atoms with Crippen LogP contribution >= 0.6 is 11.3 Å². The first-order valence-electron chi connectivity index (χ1n) is 8.93. The van der Waals surface area contributed by atoms with Crippen LogP contribution in [-0.4, -0.2) is 29.9 Å². The Labute approximate surface area is 157 Å². The second kappa shape index (κ2) is 8.31. The van der Waals surface area contributed by atoms with Crippen molar-refractivity contribution in [2.75, 3.05) is 23.3 Å². The molecular formula is C19H24N4O2S. The number of nitrogens with two attached hydrogens (primary N) is 1. The molecule has 0 spiro atoms. The van der Waals surface area contributed by atoms with Crippen molar-refractivity contribution >= 4 is 34.5 Å². The van der Waals surface area contributed by atoms with Crippen molar-refractivity contribution in [3.05, 3.63) is 40.3 Å². The van der Waals surface area contributed by atoms with Crippen LogP contribution in [0.4, 0.5) is 11.4 Å². The number of thiazole rings is 1. The maximum Gasteiger partial charge on any atom is 0.230 e. The van der Waals surface area contributed by atoms with Gasteiger partial charge in [-0.2, -0.15) is 0 Å². The number of aromatic nitrogens is 1. The Bertz CT molecular complexity index is 781. The Morgan fingerprint density at radius 2 is 2.04 bits per heavy atom. The summed E-state index contributed by atoms with van der Waals surface area (Å²) in [5, 5.41) is 6.00. The molecule has 3 N–H and O–H groups in total. The number of para-hydroxylation sites is 2. The number of hydrogen-bond acceptors (Lipinski definition) is 5. The lowest BCUT2D eigenvalue weighted by molar-refractivity contribution is -0.122. The van der Waals surface area contributed by atoms with E-state index in [1.165, 1.54) is 0 Å². The molecule has 1 aromatic heterocycles. The topological polar surface area (TPSA) is 88.3 Å². The first-order valence-corrected chi connectivity index (χ1v) is 9.81. The van der Waals surface area contributed by atoms with Gasteiger partial charge in [-0.15, -0.1) is 11.3 Å². The highest BCUT2D eigenvalue weighted by molar-refractivity contribution is 7.09. The summed E-state index contributed by atoms with van der Waals surface area (Å²) in [6.45, 7) is 3.57. The molecule has 0 radical (unpaired) electrons. The monoisotopic (exact) mass is 372 g/mol. The maximum absolute atomic E-state index is 12.4. The molecule has 26 heavy (non-hydrogen) atoms. The molecule has 1 aromatic carbocycles. The summed E-state index contributed by atoms with van der Waals surface area (Å²) in [5.74, 6) is -0.344. The maximum atomic E-state index is 12.4. The molecule has 1 fully saturated rings. The minimum atomic E-state index is -0.221. The predicted molar refractivity (Wildman–Crippen MR) is 104 cm³/mol. The quantitative estimate of drug-likeness (QED) is 0.816. The number of carbonyl (C=O) groups excluding carboxylic acids is 2. The van der Waals surface area contributed by atoms with Gasteiger partial charge in [0.1, 0.15) is 0 Å². The molecule has 0 saturated carbocycles. The molecule has 2 aromatic rings. The van der Waals surface area contributed by atoms with Gasteiger partial charge in [-0.1, -0.05) is 19.1 Å². The summed E-state index contributed by atoms with van der Waals surface area (Å²) in [6, 6.07) is 7.77. The van der Waals surface area contributed by atoms with E-state index in [0.717, 1.165) is 54.4 Å². The average molecular weight is 372 g/mol. The van der Waals surface area contributed by atoms with Gasteiger partial charge in [-0.3, -0.25) is 9.59 Å². The molecule has 6 nitrogen and oxygen atoms in total. The summed E-state index contributed by atoms with van der Waals surface area (Å²) >= 11 is 1.59. The molecular weight excluding hydrogens is 348 g/mol. The van der Waals surface area contributed by atoms with Crippen LogP contribution < -0.4 is 16.0 Å². The zero-order valence-electron chi connectivity index (χ0n) is 14.9. The third-order valence-electron chi connectivity index (χ3n) is 4.66. The van der Waals surface area contributed by atoms with E-state index in [9.17, 15) is 9.59 Å². The van der Waals surface area contributed by atoms with E-state index >= 15 is 0 Å². The number of piperidine rings is 1. The smallest absolute Gasteiger partial charge is 0.230 e. The van der Waals surface area contributed by atoms with Gasteiger partial charge >= 0.3 is 0 Å². The molecule has 7 heteroatoms. The molecule has 1 aliphatic rings. The summed E-state index contributed by atoms with van der Waals surface area (Å²) in [6.07, 6.45) is 2.65. The van der Waals surface area contributed by atoms with Crippen LogP contribution in [0.3, 0.4) is 0 Å². The SMILES string of the molecule is CCc1nc(CC(=O)Nc2ccccc2N2CCC(C(N)=O)CC2)cs1. The van der Waals surface area contributed by atoms with Crippen LogP contribution in [0.1, 0.15) is 30.5 Å². The lowest BCUT2D eigenvalue weighted by atomic mass is 9.96. The summed E-state index contributed by atoms with van der Waals surface area (Å²) in [4.78, 5) is 30.4. The number of benzene rings is 1. The number of aryl methyl sites for hydroxylation is 1. The molecule has 0 unspecified atom stereocenters. The number of nitrogens with one attached hydrogen (secondary N) is 1. The van der Waals surface area contributed by atoms with Gasteiger partial charge < -0.3 is 16.0 Å². The second-order valence-corrected chi connectivity index (χ2v) is 7.43. The summed E-state index contributed by atoms with van der Waals surface area (Å²) in [5.41, 5.74) is 8.00. The third-order valence-corrected chi connectivity index (χ3v) is 5.70. The van der Waals surface area contributed by atoms with Gasteiger partial charge in [0.2, 0.25) is 11.8 Å². The van der Waals surface area contributed by atoms with E-state index in [4.69, 9.17) is 5.73 Å². The molecule has 3 rings (SSSR count). The van der Waals surface area contributed by atoms with E-state index in [-0.39, 0.29) is 24.2 Å². The van der Waals surface area contributed by atoms with Crippen molar-refractivity contribution < 1.29 is 9.59 Å².